The van der Waals surface area contributed by atoms with Gasteiger partial charge < -0.3 is 24.3 Å². The van der Waals surface area contributed by atoms with Crippen LogP contribution in [0.1, 0.15) is 11.6 Å². The fourth-order valence-corrected chi connectivity index (χ4v) is 4.85. The number of H-pyrrole nitrogens is 1. The highest BCUT2D eigenvalue weighted by Crippen LogP contribution is 2.40. The highest BCUT2D eigenvalue weighted by atomic mass is 16.5. The Hall–Kier alpha value is -3.71. The molecule has 0 saturated carbocycles. The molecule has 0 aliphatic carbocycles. The van der Waals surface area contributed by atoms with E-state index in [1.54, 1.807) is 0 Å². The predicted molar refractivity (Wildman–Crippen MR) is 124 cm³/mol. The van der Waals surface area contributed by atoms with Gasteiger partial charge in [-0.1, -0.05) is 42.5 Å². The topological polar surface area (TPSA) is 74.3 Å². The van der Waals surface area contributed by atoms with Gasteiger partial charge in [-0.15, -0.1) is 0 Å². The average Bonchev–Trinajstić information content (AvgIpc) is 3.34. The molecule has 1 N–H and O–H groups in total. The second-order valence-corrected chi connectivity index (χ2v) is 8.21. The number of morpholine rings is 1. The molecule has 4 heterocycles. The van der Waals surface area contributed by atoms with E-state index >= 15 is 0 Å². The number of carbonyl (C=O) groups is 1. The highest BCUT2D eigenvalue weighted by Gasteiger charge is 2.38. The van der Waals surface area contributed by atoms with Crippen molar-refractivity contribution in [1.29, 1.82) is 0 Å². The van der Waals surface area contributed by atoms with Crippen LogP contribution in [0.2, 0.25) is 0 Å². The van der Waals surface area contributed by atoms with E-state index in [-0.39, 0.29) is 6.04 Å². The lowest BCUT2D eigenvalue weighted by Crippen LogP contribution is -2.56. The van der Waals surface area contributed by atoms with Gasteiger partial charge in [0.15, 0.2) is 11.6 Å². The van der Waals surface area contributed by atoms with Crippen molar-refractivity contribution in [2.45, 2.75) is 12.1 Å². The van der Waals surface area contributed by atoms with Crippen LogP contribution in [0.5, 0.6) is 0 Å². The largest absolute Gasteiger partial charge is 0.377 e. The molecule has 2 aromatic heterocycles. The monoisotopic (exact) mass is 425 g/mol. The van der Waals surface area contributed by atoms with Gasteiger partial charge in [0.05, 0.1) is 31.1 Å². The van der Waals surface area contributed by atoms with Gasteiger partial charge in [0.2, 0.25) is 0 Å². The third kappa shape index (κ3) is 3.05. The number of nitrogens with one attached hydrogen (secondary N) is 1. The van der Waals surface area contributed by atoms with Crippen LogP contribution in [-0.4, -0.2) is 53.6 Å². The molecule has 0 bridgehead atoms. The zero-order valence-electron chi connectivity index (χ0n) is 17.5. The molecule has 7 heteroatoms. The molecule has 0 radical (unpaired) electrons. The predicted octanol–water partition coefficient (Wildman–Crippen LogP) is 3.59. The van der Waals surface area contributed by atoms with Gasteiger partial charge in [-0.3, -0.25) is 0 Å². The number of ether oxygens (including phenoxy) is 1. The van der Waals surface area contributed by atoms with Crippen molar-refractivity contribution in [3.63, 3.8) is 0 Å². The summed E-state index contributed by atoms with van der Waals surface area (Å²) in [7, 11) is 0. The smallest absolute Gasteiger partial charge is 0.162 e. The lowest BCUT2D eigenvalue weighted by atomic mass is 10.0. The summed E-state index contributed by atoms with van der Waals surface area (Å²) in [5, 5.41) is 1.09. The van der Waals surface area contributed by atoms with Crippen LogP contribution in [0.4, 0.5) is 11.5 Å². The fraction of sp³-hybridized carbons (Fsp3) is 0.240. The molecule has 0 spiro atoms. The number of aldehydes is 1. The Kier molecular flexibility index (Phi) is 4.61. The van der Waals surface area contributed by atoms with Gasteiger partial charge in [-0.25, -0.2) is 9.97 Å². The van der Waals surface area contributed by atoms with Crippen molar-refractivity contribution in [3.8, 4) is 11.4 Å². The van der Waals surface area contributed by atoms with E-state index < -0.39 is 6.04 Å². The molecule has 2 atom stereocenters. The molecule has 1 fully saturated rings. The zero-order valence-corrected chi connectivity index (χ0v) is 17.5. The van der Waals surface area contributed by atoms with Crippen molar-refractivity contribution in [1.82, 2.24) is 15.0 Å². The minimum atomic E-state index is -0.401. The molecule has 6 rings (SSSR count). The summed E-state index contributed by atoms with van der Waals surface area (Å²) in [5.74, 6) is 1.55. The minimum Gasteiger partial charge on any atom is -0.377 e. The number of fused-ring (bicyclic) bond motifs is 4. The average molecular weight is 425 g/mol. The Morgan fingerprint density at radius 1 is 1.12 bits per heavy atom. The molecule has 7 nitrogen and oxygen atoms in total. The third-order valence-electron chi connectivity index (χ3n) is 6.41. The summed E-state index contributed by atoms with van der Waals surface area (Å²) in [6.07, 6.45) is 4.81. The van der Waals surface area contributed by atoms with Gasteiger partial charge in [-0.2, -0.15) is 0 Å². The minimum absolute atomic E-state index is 0.133. The van der Waals surface area contributed by atoms with E-state index in [2.05, 4.69) is 20.9 Å². The van der Waals surface area contributed by atoms with Crippen LogP contribution < -0.4 is 9.80 Å². The molecular weight excluding hydrogens is 402 g/mol. The molecule has 2 aromatic carbocycles. The molecule has 4 aromatic rings. The van der Waals surface area contributed by atoms with Crippen molar-refractivity contribution in [2.75, 3.05) is 36.1 Å². The number of aromatic amines is 1. The maximum atomic E-state index is 12.2. The number of nitrogens with zero attached hydrogens (tertiary/aromatic N) is 4. The third-order valence-corrected chi connectivity index (χ3v) is 6.41. The molecule has 32 heavy (non-hydrogen) atoms. The summed E-state index contributed by atoms with van der Waals surface area (Å²) in [5.41, 5.74) is 3.89. The van der Waals surface area contributed by atoms with Crippen molar-refractivity contribution in [2.24, 2.45) is 0 Å². The Labute approximate surface area is 185 Å². The van der Waals surface area contributed by atoms with Crippen LogP contribution in [0.15, 0.2) is 67.0 Å². The van der Waals surface area contributed by atoms with E-state index in [4.69, 9.17) is 14.7 Å². The van der Waals surface area contributed by atoms with E-state index in [0.29, 0.717) is 25.6 Å². The first-order chi connectivity index (χ1) is 15.8. The van der Waals surface area contributed by atoms with Gasteiger partial charge >= 0.3 is 0 Å². The Balaban J connectivity index is 1.49. The van der Waals surface area contributed by atoms with Crippen LogP contribution in [0, 0.1) is 0 Å². The second kappa shape index (κ2) is 7.76. The first kappa shape index (κ1) is 19.0. The quantitative estimate of drug-likeness (QED) is 0.504. The van der Waals surface area contributed by atoms with Gasteiger partial charge in [0.1, 0.15) is 12.3 Å². The molecule has 1 saturated heterocycles. The first-order valence-corrected chi connectivity index (χ1v) is 10.9. The van der Waals surface area contributed by atoms with Crippen LogP contribution >= 0.6 is 0 Å². The summed E-state index contributed by atoms with van der Waals surface area (Å²) >= 11 is 0. The normalized spacial score (nSPS) is 18.8. The molecular formula is C25H23N5O2. The lowest BCUT2D eigenvalue weighted by Gasteiger charge is -2.47. The highest BCUT2D eigenvalue weighted by molar-refractivity contribution is 5.93. The number of aromatic nitrogens is 3. The molecule has 0 amide bonds. The van der Waals surface area contributed by atoms with Crippen LogP contribution in [-0.2, 0) is 9.53 Å². The van der Waals surface area contributed by atoms with Gasteiger partial charge in [0, 0.05) is 35.8 Å². The van der Waals surface area contributed by atoms with Crippen LogP contribution in [0.3, 0.4) is 0 Å². The Morgan fingerprint density at radius 2 is 2.03 bits per heavy atom. The number of benzene rings is 2. The van der Waals surface area contributed by atoms with Crippen molar-refractivity contribution in [3.05, 3.63) is 72.6 Å². The maximum absolute atomic E-state index is 12.2. The summed E-state index contributed by atoms with van der Waals surface area (Å²) in [4.78, 5) is 29.7. The molecule has 2 aliphatic rings. The maximum Gasteiger partial charge on any atom is 0.162 e. The van der Waals surface area contributed by atoms with E-state index in [1.807, 2.05) is 60.9 Å². The number of carbonyl (C=O) groups excluding carboxylic acids is 1. The van der Waals surface area contributed by atoms with E-state index in [0.717, 1.165) is 46.4 Å². The number of anilines is 2. The molecule has 2 aliphatic heterocycles. The fourth-order valence-electron chi connectivity index (χ4n) is 4.85. The number of rotatable bonds is 4. The van der Waals surface area contributed by atoms with Crippen molar-refractivity contribution >= 4 is 28.7 Å². The molecule has 2 unspecified atom stereocenters. The van der Waals surface area contributed by atoms with E-state index in [1.165, 1.54) is 0 Å². The van der Waals surface area contributed by atoms with Crippen LogP contribution in [0.25, 0.3) is 22.3 Å². The Bertz CT molecular complexity index is 1270. The Morgan fingerprint density at radius 3 is 2.91 bits per heavy atom. The second-order valence-electron chi connectivity index (χ2n) is 8.21. The standard InChI is InChI=1S/C25H23N5O2/c31-15-23(17-5-2-1-3-6-17)30-14-18-16-32-12-11-29(18)25-22(30)13-27-24(28-25)20-7-4-8-21-19(20)9-10-26-21/h1-10,13,15,18,23,26H,11-12,14,16H2. The summed E-state index contributed by atoms with van der Waals surface area (Å²) in [6, 6.07) is 17.8. The SMILES string of the molecule is O=CC(c1ccccc1)N1CC2COCCN2c2nc(-c3cccc4[nH]ccc34)ncc21. The van der Waals surface area contributed by atoms with Crippen molar-refractivity contribution < 1.29 is 9.53 Å². The number of hydrogen-bond donors (Lipinski definition) is 1. The lowest BCUT2D eigenvalue weighted by molar-refractivity contribution is -0.109. The summed E-state index contributed by atoms with van der Waals surface area (Å²) in [6.45, 7) is 2.73. The van der Waals surface area contributed by atoms with Gasteiger partial charge in [-0.05, 0) is 17.7 Å². The van der Waals surface area contributed by atoms with E-state index in [9.17, 15) is 4.79 Å². The zero-order chi connectivity index (χ0) is 21.5. The number of hydrogen-bond acceptors (Lipinski definition) is 6. The van der Waals surface area contributed by atoms with Gasteiger partial charge in [0.25, 0.3) is 0 Å². The summed E-state index contributed by atoms with van der Waals surface area (Å²) < 4.78 is 5.78. The first-order valence-electron chi connectivity index (χ1n) is 10.9. The molecule has 160 valence electrons.